The van der Waals surface area contributed by atoms with Crippen molar-refractivity contribution in [3.63, 3.8) is 0 Å². The standard InChI is InChI=1S/C27H26N2O6.Na/c1-16(2)29-24-11-4-17(14-28-24)12-21(26(30)18-5-8-20(33-3)9-6-18)25(27(31)32)19-7-10-22-23(13-19)35-15-34-22;/h4-11,13-14,16H,12,15H2,1-3H3,(H,28,29)(H,31,32);/q;+1/p-1/b25-21-;. The zero-order valence-electron chi connectivity index (χ0n) is 20.7. The zero-order valence-corrected chi connectivity index (χ0v) is 22.7. The first kappa shape index (κ1) is 27.3. The van der Waals surface area contributed by atoms with Crippen LogP contribution in [-0.4, -0.2) is 36.7 Å². The number of aliphatic carboxylic acids is 1. The van der Waals surface area contributed by atoms with Gasteiger partial charge in [-0.25, -0.2) is 4.98 Å². The second-order valence-electron chi connectivity index (χ2n) is 8.29. The number of fused-ring (bicyclic) bond motifs is 1. The normalized spacial score (nSPS) is 12.4. The van der Waals surface area contributed by atoms with Crippen molar-refractivity contribution in [2.24, 2.45) is 0 Å². The van der Waals surface area contributed by atoms with Crippen molar-refractivity contribution >= 4 is 23.1 Å². The number of ether oxygens (including phenoxy) is 3. The van der Waals surface area contributed by atoms with E-state index in [1.54, 1.807) is 54.7 Å². The smallest absolute Gasteiger partial charge is 0.545 e. The molecule has 0 spiro atoms. The van der Waals surface area contributed by atoms with Crippen LogP contribution < -0.4 is 54.2 Å². The molecule has 180 valence electrons. The number of nitrogens with zero attached hydrogens (tertiary/aromatic N) is 1. The first-order chi connectivity index (χ1) is 16.9. The number of Topliss-reactive ketones (excluding diaryl/α,β-unsaturated/α-hetero) is 1. The van der Waals surface area contributed by atoms with Gasteiger partial charge in [0.2, 0.25) is 6.79 Å². The summed E-state index contributed by atoms with van der Waals surface area (Å²) in [5.41, 5.74) is 1.15. The molecule has 0 saturated carbocycles. The molecule has 1 aliphatic rings. The summed E-state index contributed by atoms with van der Waals surface area (Å²) in [5.74, 6) is 0.281. The molecule has 2 heterocycles. The van der Waals surface area contributed by atoms with Gasteiger partial charge in [-0.2, -0.15) is 0 Å². The summed E-state index contributed by atoms with van der Waals surface area (Å²) >= 11 is 0. The number of carboxylic acid groups (broad SMARTS) is 1. The number of anilines is 1. The Morgan fingerprint density at radius 1 is 1.03 bits per heavy atom. The van der Waals surface area contributed by atoms with Gasteiger partial charge in [0.05, 0.1) is 13.1 Å². The number of ketones is 1. The third kappa shape index (κ3) is 6.26. The Kier molecular flexibility index (Phi) is 9.14. The molecule has 9 heteroatoms. The molecule has 0 fully saturated rings. The average molecular weight is 496 g/mol. The third-order valence-corrected chi connectivity index (χ3v) is 5.44. The number of methoxy groups -OCH3 is 1. The van der Waals surface area contributed by atoms with Gasteiger partial charge in [0.15, 0.2) is 17.3 Å². The number of carboxylic acids is 1. The van der Waals surface area contributed by atoms with Gasteiger partial charge >= 0.3 is 29.6 Å². The molecule has 0 radical (unpaired) electrons. The second-order valence-corrected chi connectivity index (χ2v) is 8.29. The molecule has 0 amide bonds. The fraction of sp³-hybridized carbons (Fsp3) is 0.222. The fourth-order valence-corrected chi connectivity index (χ4v) is 3.78. The molecule has 0 aliphatic carbocycles. The molecule has 1 N–H and O–H groups in total. The Morgan fingerprint density at radius 3 is 2.33 bits per heavy atom. The summed E-state index contributed by atoms with van der Waals surface area (Å²) in [6.45, 7) is 4.05. The van der Waals surface area contributed by atoms with Gasteiger partial charge in [-0.1, -0.05) is 12.1 Å². The van der Waals surface area contributed by atoms with Crippen LogP contribution in [-0.2, 0) is 11.2 Å². The molecule has 0 atom stereocenters. The van der Waals surface area contributed by atoms with Gasteiger partial charge in [0, 0.05) is 35.4 Å². The van der Waals surface area contributed by atoms with Crippen molar-refractivity contribution < 1.29 is 58.5 Å². The van der Waals surface area contributed by atoms with Crippen LogP contribution in [0.25, 0.3) is 5.57 Å². The van der Waals surface area contributed by atoms with Crippen molar-refractivity contribution in [2.45, 2.75) is 26.3 Å². The summed E-state index contributed by atoms with van der Waals surface area (Å²) in [6.07, 6.45) is 1.66. The van der Waals surface area contributed by atoms with Gasteiger partial charge in [0.1, 0.15) is 11.6 Å². The van der Waals surface area contributed by atoms with E-state index in [4.69, 9.17) is 14.2 Å². The van der Waals surface area contributed by atoms with E-state index in [0.717, 1.165) is 0 Å². The molecule has 4 rings (SSSR count). The largest absolute Gasteiger partial charge is 1.00 e. The molecule has 0 saturated heterocycles. The monoisotopic (exact) mass is 496 g/mol. The van der Waals surface area contributed by atoms with E-state index in [1.165, 1.54) is 7.11 Å². The number of hydrogen-bond acceptors (Lipinski definition) is 8. The second kappa shape index (κ2) is 12.1. The van der Waals surface area contributed by atoms with Crippen LogP contribution >= 0.6 is 0 Å². The summed E-state index contributed by atoms with van der Waals surface area (Å²) in [5, 5.41) is 15.6. The maximum Gasteiger partial charge on any atom is 1.00 e. The molecular formula is C27H25N2NaO6. The van der Waals surface area contributed by atoms with Gasteiger partial charge in [-0.15, -0.1) is 0 Å². The van der Waals surface area contributed by atoms with Crippen molar-refractivity contribution in [3.05, 3.63) is 83.1 Å². The molecule has 2 aromatic carbocycles. The number of rotatable bonds is 9. The van der Waals surface area contributed by atoms with E-state index < -0.39 is 11.8 Å². The number of aromatic nitrogens is 1. The zero-order chi connectivity index (χ0) is 24.9. The van der Waals surface area contributed by atoms with Crippen LogP contribution in [0.15, 0.2) is 66.4 Å². The topological polar surface area (TPSA) is 110 Å². The van der Waals surface area contributed by atoms with Crippen LogP contribution in [0.2, 0.25) is 0 Å². The molecular weight excluding hydrogens is 471 g/mol. The predicted molar refractivity (Wildman–Crippen MR) is 129 cm³/mol. The minimum absolute atomic E-state index is 0. The maximum atomic E-state index is 13.6. The molecule has 0 unspecified atom stereocenters. The van der Waals surface area contributed by atoms with Gasteiger partial charge in [-0.05, 0) is 67.4 Å². The summed E-state index contributed by atoms with van der Waals surface area (Å²) in [7, 11) is 1.53. The van der Waals surface area contributed by atoms with Crippen LogP contribution in [0.1, 0.15) is 35.3 Å². The number of allylic oxidation sites excluding steroid dienone is 1. The van der Waals surface area contributed by atoms with Gasteiger partial charge < -0.3 is 29.4 Å². The Balaban J connectivity index is 0.00000361. The van der Waals surface area contributed by atoms with Crippen LogP contribution in [0, 0.1) is 0 Å². The van der Waals surface area contributed by atoms with Crippen molar-refractivity contribution in [1.29, 1.82) is 0 Å². The molecule has 36 heavy (non-hydrogen) atoms. The molecule has 1 aromatic heterocycles. The summed E-state index contributed by atoms with van der Waals surface area (Å²) in [4.78, 5) is 30.4. The Labute approximate surface area is 231 Å². The molecule has 0 bridgehead atoms. The van der Waals surface area contributed by atoms with Crippen LogP contribution in [0.3, 0.4) is 0 Å². The summed E-state index contributed by atoms with van der Waals surface area (Å²) < 4.78 is 15.9. The van der Waals surface area contributed by atoms with E-state index >= 15 is 0 Å². The predicted octanol–water partition coefficient (Wildman–Crippen LogP) is 0.272. The van der Waals surface area contributed by atoms with E-state index in [-0.39, 0.29) is 65.5 Å². The number of hydrogen-bond donors (Lipinski definition) is 1. The molecule has 3 aromatic rings. The summed E-state index contributed by atoms with van der Waals surface area (Å²) in [6, 6.07) is 15.0. The van der Waals surface area contributed by atoms with Gasteiger partial charge in [0.25, 0.3) is 0 Å². The number of benzene rings is 2. The minimum Gasteiger partial charge on any atom is -0.545 e. The maximum absolute atomic E-state index is 13.6. The minimum atomic E-state index is -1.47. The van der Waals surface area contributed by atoms with Crippen LogP contribution in [0.5, 0.6) is 17.2 Å². The van der Waals surface area contributed by atoms with Crippen molar-refractivity contribution in [2.75, 3.05) is 19.2 Å². The Bertz CT molecular complexity index is 1270. The first-order valence-corrected chi connectivity index (χ1v) is 11.1. The molecule has 8 nitrogen and oxygen atoms in total. The average Bonchev–Trinajstić information content (AvgIpc) is 3.32. The first-order valence-electron chi connectivity index (χ1n) is 11.1. The van der Waals surface area contributed by atoms with Crippen LogP contribution in [0.4, 0.5) is 5.82 Å². The SMILES string of the molecule is COc1ccc(C(=O)/C(Cc2ccc(NC(C)C)nc2)=C(\C(=O)[O-])c2ccc3c(c2)OCO3)cc1.[Na+]. The van der Waals surface area contributed by atoms with E-state index in [2.05, 4.69) is 10.3 Å². The fourth-order valence-electron chi connectivity index (χ4n) is 3.78. The third-order valence-electron chi connectivity index (χ3n) is 5.44. The Morgan fingerprint density at radius 2 is 1.72 bits per heavy atom. The van der Waals surface area contributed by atoms with E-state index in [1.807, 2.05) is 19.9 Å². The van der Waals surface area contributed by atoms with Gasteiger partial charge in [-0.3, -0.25) is 4.79 Å². The van der Waals surface area contributed by atoms with Crippen molar-refractivity contribution in [3.8, 4) is 17.2 Å². The number of nitrogens with one attached hydrogen (secondary N) is 1. The number of pyridine rings is 1. The molecule has 1 aliphatic heterocycles. The quantitative estimate of drug-likeness (QED) is 0.256. The van der Waals surface area contributed by atoms with Crippen molar-refractivity contribution in [1.82, 2.24) is 4.98 Å². The van der Waals surface area contributed by atoms with E-state index in [9.17, 15) is 14.7 Å². The number of carbonyl (C=O) groups excluding carboxylic acids is 2. The van der Waals surface area contributed by atoms with E-state index in [0.29, 0.717) is 34.2 Å². The number of carbonyl (C=O) groups is 2. The Hall–Kier alpha value is -3.33.